The first kappa shape index (κ1) is 8.54. The number of rotatable bonds is 2. The SMILES string of the molecule is O=NC[C@@H]1[C@@H](O)[C@H](O)CN1O. The second kappa shape index (κ2) is 3.22. The molecule has 0 amide bonds. The Kier molecular flexibility index (Phi) is 2.50. The van der Waals surface area contributed by atoms with Crippen molar-refractivity contribution in [1.29, 1.82) is 0 Å². The second-order valence-corrected chi connectivity index (χ2v) is 2.56. The zero-order valence-electron chi connectivity index (χ0n) is 5.79. The summed E-state index contributed by atoms with van der Waals surface area (Å²) in [7, 11) is 0. The maximum atomic E-state index is 9.78. The average Bonchev–Trinajstić information content (AvgIpc) is 2.17. The molecule has 0 unspecified atom stereocenters. The molecule has 6 nitrogen and oxygen atoms in total. The molecule has 0 saturated carbocycles. The Labute approximate surface area is 63.0 Å². The summed E-state index contributed by atoms with van der Waals surface area (Å²) in [4.78, 5) is 9.78. The summed E-state index contributed by atoms with van der Waals surface area (Å²) in [6, 6.07) is -0.762. The summed E-state index contributed by atoms with van der Waals surface area (Å²) in [6.45, 7) is -0.254. The lowest BCUT2D eigenvalue weighted by Gasteiger charge is -2.15. The first-order valence-electron chi connectivity index (χ1n) is 3.27. The van der Waals surface area contributed by atoms with Gasteiger partial charge in [-0.3, -0.25) is 0 Å². The maximum absolute atomic E-state index is 9.78. The smallest absolute Gasteiger partial charge is 0.102 e. The van der Waals surface area contributed by atoms with Crippen molar-refractivity contribution in [2.75, 3.05) is 13.1 Å². The standard InChI is InChI=1S/C5H10N2O4/c8-4-2-7(11)3(1-6-10)5(4)9/h3-5,8-9,11H,1-2H2/t3-,4-,5-/m1/s1. The van der Waals surface area contributed by atoms with Gasteiger partial charge in [-0.25, -0.2) is 0 Å². The van der Waals surface area contributed by atoms with Crippen molar-refractivity contribution in [2.45, 2.75) is 18.2 Å². The van der Waals surface area contributed by atoms with Gasteiger partial charge in [0.25, 0.3) is 0 Å². The van der Waals surface area contributed by atoms with E-state index in [1.165, 1.54) is 0 Å². The molecule has 64 valence electrons. The lowest BCUT2D eigenvalue weighted by Crippen LogP contribution is -2.36. The Morgan fingerprint density at radius 1 is 1.55 bits per heavy atom. The van der Waals surface area contributed by atoms with Crippen molar-refractivity contribution >= 4 is 0 Å². The molecule has 0 aliphatic carbocycles. The van der Waals surface area contributed by atoms with E-state index >= 15 is 0 Å². The molecule has 1 aliphatic heterocycles. The minimum atomic E-state index is -1.09. The van der Waals surface area contributed by atoms with Crippen LogP contribution >= 0.6 is 0 Å². The van der Waals surface area contributed by atoms with Crippen LogP contribution in [-0.2, 0) is 0 Å². The van der Waals surface area contributed by atoms with Gasteiger partial charge < -0.3 is 15.4 Å². The van der Waals surface area contributed by atoms with Crippen molar-refractivity contribution in [2.24, 2.45) is 5.18 Å². The van der Waals surface area contributed by atoms with Gasteiger partial charge in [-0.05, 0) is 0 Å². The molecule has 1 heterocycles. The first-order valence-corrected chi connectivity index (χ1v) is 3.27. The molecule has 0 aromatic rings. The molecule has 11 heavy (non-hydrogen) atoms. The predicted octanol–water partition coefficient (Wildman–Crippen LogP) is -1.45. The molecule has 1 fully saturated rings. The molecule has 1 saturated heterocycles. The van der Waals surface area contributed by atoms with Gasteiger partial charge in [-0.15, -0.1) is 0 Å². The lowest BCUT2D eigenvalue weighted by atomic mass is 10.1. The number of hydrogen-bond donors (Lipinski definition) is 3. The summed E-state index contributed by atoms with van der Waals surface area (Å²) in [5, 5.41) is 30.3. The molecule has 3 N–H and O–H groups in total. The molecule has 0 spiro atoms. The van der Waals surface area contributed by atoms with Crippen LogP contribution in [0.3, 0.4) is 0 Å². The van der Waals surface area contributed by atoms with E-state index < -0.39 is 18.2 Å². The molecule has 0 aromatic heterocycles. The van der Waals surface area contributed by atoms with Crippen molar-refractivity contribution < 1.29 is 15.4 Å². The molecule has 1 aliphatic rings. The molecular formula is C5H10N2O4. The van der Waals surface area contributed by atoms with Gasteiger partial charge in [-0.1, -0.05) is 5.18 Å². The minimum Gasteiger partial charge on any atom is -0.389 e. The number of aliphatic hydroxyl groups is 2. The summed E-state index contributed by atoms with van der Waals surface area (Å²) < 4.78 is 0. The maximum Gasteiger partial charge on any atom is 0.102 e. The molecule has 0 aromatic carbocycles. The number of β-amino-alcohol motifs (C(OH)–C–C–N with tert-alkyl or cyclic N) is 1. The third-order valence-corrected chi connectivity index (χ3v) is 1.81. The Hall–Kier alpha value is -0.560. The molecule has 3 atom stereocenters. The Bertz CT molecular complexity index is 153. The van der Waals surface area contributed by atoms with Crippen LogP contribution in [0.5, 0.6) is 0 Å². The van der Waals surface area contributed by atoms with Gasteiger partial charge >= 0.3 is 0 Å². The van der Waals surface area contributed by atoms with E-state index in [1.54, 1.807) is 0 Å². The fourth-order valence-electron chi connectivity index (χ4n) is 1.15. The fourth-order valence-corrected chi connectivity index (χ4v) is 1.15. The highest BCUT2D eigenvalue weighted by Crippen LogP contribution is 2.16. The number of hydrogen-bond acceptors (Lipinski definition) is 6. The number of aliphatic hydroxyl groups excluding tert-OH is 2. The van der Waals surface area contributed by atoms with Crippen LogP contribution in [0.25, 0.3) is 0 Å². The van der Waals surface area contributed by atoms with Crippen molar-refractivity contribution in [3.05, 3.63) is 4.91 Å². The van der Waals surface area contributed by atoms with E-state index in [0.29, 0.717) is 0 Å². The zero-order chi connectivity index (χ0) is 8.43. The summed E-state index contributed by atoms with van der Waals surface area (Å²) >= 11 is 0. The predicted molar refractivity (Wildman–Crippen MR) is 35.0 cm³/mol. The minimum absolute atomic E-state index is 0.0403. The summed E-state index contributed by atoms with van der Waals surface area (Å²) in [6.07, 6.45) is -2.08. The van der Waals surface area contributed by atoms with E-state index in [0.717, 1.165) is 5.06 Å². The Morgan fingerprint density at radius 3 is 2.55 bits per heavy atom. The highest BCUT2D eigenvalue weighted by molar-refractivity contribution is 4.90. The van der Waals surface area contributed by atoms with Crippen molar-refractivity contribution in [1.82, 2.24) is 5.06 Å². The van der Waals surface area contributed by atoms with Gasteiger partial charge in [0.1, 0.15) is 12.6 Å². The van der Waals surface area contributed by atoms with Crippen LogP contribution in [0, 0.1) is 4.91 Å². The number of hydroxylamine groups is 2. The van der Waals surface area contributed by atoms with Crippen LogP contribution < -0.4 is 0 Å². The summed E-state index contributed by atoms with van der Waals surface area (Å²) in [5.41, 5.74) is 0. The fraction of sp³-hybridized carbons (Fsp3) is 1.00. The van der Waals surface area contributed by atoms with E-state index in [-0.39, 0.29) is 13.1 Å². The summed E-state index contributed by atoms with van der Waals surface area (Å²) in [5.74, 6) is 0. The normalized spacial score (nSPS) is 39.4. The Balaban J connectivity index is 2.55. The van der Waals surface area contributed by atoms with E-state index in [2.05, 4.69) is 5.18 Å². The van der Waals surface area contributed by atoms with Gasteiger partial charge in [0.2, 0.25) is 0 Å². The van der Waals surface area contributed by atoms with Crippen LogP contribution in [0.4, 0.5) is 0 Å². The second-order valence-electron chi connectivity index (χ2n) is 2.56. The van der Waals surface area contributed by atoms with Crippen LogP contribution in [0.1, 0.15) is 0 Å². The molecular weight excluding hydrogens is 152 g/mol. The molecule has 0 bridgehead atoms. The zero-order valence-corrected chi connectivity index (χ0v) is 5.79. The van der Waals surface area contributed by atoms with Crippen LogP contribution in [0.15, 0.2) is 5.18 Å². The average molecular weight is 162 g/mol. The van der Waals surface area contributed by atoms with E-state index in [9.17, 15) is 4.91 Å². The highest BCUT2D eigenvalue weighted by atomic mass is 16.5. The third kappa shape index (κ3) is 1.54. The van der Waals surface area contributed by atoms with Crippen molar-refractivity contribution in [3.8, 4) is 0 Å². The van der Waals surface area contributed by atoms with Gasteiger partial charge in [0, 0.05) is 0 Å². The van der Waals surface area contributed by atoms with Crippen molar-refractivity contribution in [3.63, 3.8) is 0 Å². The highest BCUT2D eigenvalue weighted by Gasteiger charge is 2.39. The van der Waals surface area contributed by atoms with Crippen LogP contribution in [-0.4, -0.2) is 51.8 Å². The third-order valence-electron chi connectivity index (χ3n) is 1.81. The van der Waals surface area contributed by atoms with Crippen LogP contribution in [0.2, 0.25) is 0 Å². The number of nitroso groups, excluding NO2 is 1. The van der Waals surface area contributed by atoms with E-state index in [1.807, 2.05) is 0 Å². The molecule has 6 heteroatoms. The quantitative estimate of drug-likeness (QED) is 0.432. The molecule has 0 radical (unpaired) electrons. The Morgan fingerprint density at radius 2 is 2.18 bits per heavy atom. The molecule has 1 rings (SSSR count). The van der Waals surface area contributed by atoms with Gasteiger partial charge in [0.05, 0.1) is 18.7 Å². The monoisotopic (exact) mass is 162 g/mol. The number of nitrogens with zero attached hydrogens (tertiary/aromatic N) is 2. The van der Waals surface area contributed by atoms with Gasteiger partial charge in [0.15, 0.2) is 0 Å². The lowest BCUT2D eigenvalue weighted by molar-refractivity contribution is -0.113. The topological polar surface area (TPSA) is 93.4 Å². The first-order chi connectivity index (χ1) is 5.16. The van der Waals surface area contributed by atoms with E-state index in [4.69, 9.17) is 15.4 Å². The largest absolute Gasteiger partial charge is 0.389 e. The van der Waals surface area contributed by atoms with Gasteiger partial charge in [-0.2, -0.15) is 9.97 Å².